The lowest BCUT2D eigenvalue weighted by Gasteiger charge is -2.03. The van der Waals surface area contributed by atoms with Crippen molar-refractivity contribution >= 4 is 0 Å². The zero-order valence-electron chi connectivity index (χ0n) is 12.1. The number of ether oxygens (including phenoxy) is 1. The standard InChI is InChI=1S/C14H20N4O2/c1-10(2)7-15-9-14-17-12(18-20-14)6-11-4-5-13(19-3)16-8-11/h4-5,8,10,15H,6-7,9H2,1-3H3. The first kappa shape index (κ1) is 14.5. The monoisotopic (exact) mass is 276 g/mol. The largest absolute Gasteiger partial charge is 0.481 e. The molecular weight excluding hydrogens is 256 g/mol. The summed E-state index contributed by atoms with van der Waals surface area (Å²) in [6.07, 6.45) is 2.36. The van der Waals surface area contributed by atoms with E-state index in [1.165, 1.54) is 0 Å². The Bertz CT molecular complexity index is 522. The fourth-order valence-electron chi connectivity index (χ4n) is 1.72. The van der Waals surface area contributed by atoms with Gasteiger partial charge in [0, 0.05) is 18.7 Å². The predicted molar refractivity (Wildman–Crippen MR) is 74.4 cm³/mol. The lowest BCUT2D eigenvalue weighted by molar-refractivity contribution is 0.360. The van der Waals surface area contributed by atoms with Crippen LogP contribution < -0.4 is 10.1 Å². The molecule has 0 radical (unpaired) electrons. The Morgan fingerprint density at radius 2 is 2.20 bits per heavy atom. The maximum Gasteiger partial charge on any atom is 0.240 e. The molecule has 2 aromatic rings. The van der Waals surface area contributed by atoms with Gasteiger partial charge in [0.1, 0.15) is 0 Å². The molecule has 2 heterocycles. The Balaban J connectivity index is 1.88. The molecule has 0 saturated heterocycles. The van der Waals surface area contributed by atoms with Crippen molar-refractivity contribution in [3.05, 3.63) is 35.6 Å². The Labute approximate surface area is 118 Å². The van der Waals surface area contributed by atoms with Gasteiger partial charge in [-0.1, -0.05) is 25.1 Å². The molecule has 2 rings (SSSR count). The van der Waals surface area contributed by atoms with Gasteiger partial charge in [0.15, 0.2) is 5.82 Å². The number of aromatic nitrogens is 3. The number of rotatable bonds is 7. The van der Waals surface area contributed by atoms with Crippen molar-refractivity contribution in [2.45, 2.75) is 26.8 Å². The molecule has 108 valence electrons. The molecule has 0 bridgehead atoms. The van der Waals surface area contributed by atoms with Crippen LogP contribution in [0, 0.1) is 5.92 Å². The van der Waals surface area contributed by atoms with Crippen molar-refractivity contribution in [2.24, 2.45) is 5.92 Å². The molecule has 6 heteroatoms. The van der Waals surface area contributed by atoms with Crippen LogP contribution in [0.5, 0.6) is 5.88 Å². The first-order valence-corrected chi connectivity index (χ1v) is 6.68. The van der Waals surface area contributed by atoms with Crippen LogP contribution in [0.3, 0.4) is 0 Å². The third kappa shape index (κ3) is 4.31. The second-order valence-electron chi connectivity index (χ2n) is 5.01. The predicted octanol–water partition coefficient (Wildman–Crippen LogP) is 1.81. The molecule has 0 aromatic carbocycles. The van der Waals surface area contributed by atoms with Crippen molar-refractivity contribution < 1.29 is 9.26 Å². The Morgan fingerprint density at radius 3 is 2.85 bits per heavy atom. The van der Waals surface area contributed by atoms with E-state index in [4.69, 9.17) is 9.26 Å². The molecule has 0 aliphatic carbocycles. The highest BCUT2D eigenvalue weighted by Gasteiger charge is 2.07. The summed E-state index contributed by atoms with van der Waals surface area (Å²) in [5.74, 6) is 2.48. The first-order valence-electron chi connectivity index (χ1n) is 6.68. The zero-order valence-corrected chi connectivity index (χ0v) is 12.1. The van der Waals surface area contributed by atoms with Gasteiger partial charge >= 0.3 is 0 Å². The molecule has 0 amide bonds. The maximum atomic E-state index is 5.19. The van der Waals surface area contributed by atoms with Crippen LogP contribution in [0.4, 0.5) is 0 Å². The van der Waals surface area contributed by atoms with Gasteiger partial charge in [0.05, 0.1) is 13.7 Å². The van der Waals surface area contributed by atoms with Crippen molar-refractivity contribution in [3.63, 3.8) is 0 Å². The third-order valence-corrected chi connectivity index (χ3v) is 2.71. The molecule has 1 N–H and O–H groups in total. The summed E-state index contributed by atoms with van der Waals surface area (Å²) in [5.41, 5.74) is 1.02. The topological polar surface area (TPSA) is 73.1 Å². The molecule has 0 atom stereocenters. The number of pyridine rings is 1. The van der Waals surface area contributed by atoms with Crippen LogP contribution in [-0.4, -0.2) is 28.8 Å². The van der Waals surface area contributed by atoms with Crippen LogP contribution in [-0.2, 0) is 13.0 Å². The van der Waals surface area contributed by atoms with Crippen molar-refractivity contribution in [1.29, 1.82) is 0 Å². The van der Waals surface area contributed by atoms with E-state index in [1.807, 2.05) is 12.1 Å². The number of hydrogen-bond acceptors (Lipinski definition) is 6. The van der Waals surface area contributed by atoms with Crippen LogP contribution in [0.25, 0.3) is 0 Å². The Morgan fingerprint density at radius 1 is 1.35 bits per heavy atom. The second-order valence-corrected chi connectivity index (χ2v) is 5.01. The minimum Gasteiger partial charge on any atom is -0.481 e. The highest BCUT2D eigenvalue weighted by molar-refractivity contribution is 5.20. The SMILES string of the molecule is COc1ccc(Cc2noc(CNCC(C)C)n2)cn1. The average molecular weight is 276 g/mol. The minimum atomic E-state index is 0.598. The van der Waals surface area contributed by atoms with E-state index < -0.39 is 0 Å². The summed E-state index contributed by atoms with van der Waals surface area (Å²) in [4.78, 5) is 8.49. The second kappa shape index (κ2) is 7.00. The van der Waals surface area contributed by atoms with Crippen molar-refractivity contribution in [3.8, 4) is 5.88 Å². The zero-order chi connectivity index (χ0) is 14.4. The summed E-state index contributed by atoms with van der Waals surface area (Å²) in [7, 11) is 1.59. The van der Waals surface area contributed by atoms with E-state index in [2.05, 4.69) is 34.3 Å². The van der Waals surface area contributed by atoms with E-state index in [0.717, 1.165) is 12.1 Å². The molecule has 0 aliphatic rings. The maximum absolute atomic E-state index is 5.19. The third-order valence-electron chi connectivity index (χ3n) is 2.71. The molecule has 2 aromatic heterocycles. The van der Waals surface area contributed by atoms with Gasteiger partial charge in [-0.15, -0.1) is 0 Å². The van der Waals surface area contributed by atoms with Crippen LogP contribution in [0.15, 0.2) is 22.9 Å². The Kier molecular flexibility index (Phi) is 5.06. The van der Waals surface area contributed by atoms with Gasteiger partial charge in [-0.25, -0.2) is 4.98 Å². The van der Waals surface area contributed by atoms with Gasteiger partial charge in [0.25, 0.3) is 0 Å². The fraction of sp³-hybridized carbons (Fsp3) is 0.500. The number of nitrogens with zero attached hydrogens (tertiary/aromatic N) is 3. The molecular formula is C14H20N4O2. The van der Waals surface area contributed by atoms with E-state index in [1.54, 1.807) is 13.3 Å². The van der Waals surface area contributed by atoms with Gasteiger partial charge < -0.3 is 14.6 Å². The van der Waals surface area contributed by atoms with E-state index in [0.29, 0.717) is 36.5 Å². The fourth-order valence-corrected chi connectivity index (χ4v) is 1.72. The summed E-state index contributed by atoms with van der Waals surface area (Å²) in [6, 6.07) is 3.76. The van der Waals surface area contributed by atoms with E-state index in [9.17, 15) is 0 Å². The molecule has 0 spiro atoms. The quantitative estimate of drug-likeness (QED) is 0.831. The van der Waals surface area contributed by atoms with Crippen LogP contribution in [0.2, 0.25) is 0 Å². The average Bonchev–Trinajstić information content (AvgIpc) is 2.87. The highest BCUT2D eigenvalue weighted by atomic mass is 16.5. The smallest absolute Gasteiger partial charge is 0.240 e. The first-order chi connectivity index (χ1) is 9.67. The number of hydrogen-bond donors (Lipinski definition) is 1. The molecule has 0 saturated carbocycles. The van der Waals surface area contributed by atoms with Crippen molar-refractivity contribution in [1.82, 2.24) is 20.4 Å². The van der Waals surface area contributed by atoms with Gasteiger partial charge in [-0.05, 0) is 18.0 Å². The summed E-state index contributed by atoms with van der Waals surface area (Å²) in [6.45, 7) is 5.85. The number of nitrogens with one attached hydrogen (secondary N) is 1. The summed E-state index contributed by atoms with van der Waals surface area (Å²) < 4.78 is 10.2. The van der Waals surface area contributed by atoms with Crippen molar-refractivity contribution in [2.75, 3.05) is 13.7 Å². The summed E-state index contributed by atoms with van der Waals surface area (Å²) >= 11 is 0. The molecule has 20 heavy (non-hydrogen) atoms. The molecule has 0 aliphatic heterocycles. The van der Waals surface area contributed by atoms with E-state index >= 15 is 0 Å². The lowest BCUT2D eigenvalue weighted by atomic mass is 10.2. The van der Waals surface area contributed by atoms with Crippen LogP contribution in [0.1, 0.15) is 31.1 Å². The van der Waals surface area contributed by atoms with Crippen LogP contribution >= 0.6 is 0 Å². The van der Waals surface area contributed by atoms with E-state index in [-0.39, 0.29) is 0 Å². The lowest BCUT2D eigenvalue weighted by Crippen LogP contribution is -2.19. The van der Waals surface area contributed by atoms with Gasteiger partial charge in [-0.3, -0.25) is 0 Å². The normalized spacial score (nSPS) is 11.0. The minimum absolute atomic E-state index is 0.598. The highest BCUT2D eigenvalue weighted by Crippen LogP contribution is 2.10. The van der Waals surface area contributed by atoms with Gasteiger partial charge in [0.2, 0.25) is 11.8 Å². The Hall–Kier alpha value is -1.95. The molecule has 0 fully saturated rings. The summed E-state index contributed by atoms with van der Waals surface area (Å²) in [5, 5.41) is 7.23. The van der Waals surface area contributed by atoms with Gasteiger partial charge in [-0.2, -0.15) is 4.98 Å². The molecule has 6 nitrogen and oxygen atoms in total. The molecule has 0 unspecified atom stereocenters. The number of methoxy groups -OCH3 is 1.